The lowest BCUT2D eigenvalue weighted by Gasteiger charge is -2.26. The average Bonchev–Trinajstić information content (AvgIpc) is 2.53. The van der Waals surface area contributed by atoms with E-state index in [1.54, 1.807) is 0 Å². The lowest BCUT2D eigenvalue weighted by molar-refractivity contribution is 0.850. The predicted octanol–water partition coefficient (Wildman–Crippen LogP) is 6.22. The average molecular weight is 370 g/mol. The van der Waals surface area contributed by atoms with Gasteiger partial charge in [0.15, 0.2) is 0 Å². The molecule has 0 fully saturated rings. The first-order valence-electron chi connectivity index (χ1n) is 7.65. The molecule has 0 radical (unpaired) electrons. The van der Waals surface area contributed by atoms with Gasteiger partial charge in [-0.1, -0.05) is 57.8 Å². The third-order valence-electron chi connectivity index (χ3n) is 3.29. The van der Waals surface area contributed by atoms with Gasteiger partial charge in [0, 0.05) is 22.3 Å². The molecule has 2 heteroatoms. The summed E-state index contributed by atoms with van der Waals surface area (Å²) in [7, 11) is 0. The van der Waals surface area contributed by atoms with Gasteiger partial charge in [0.2, 0.25) is 0 Å². The molecule has 0 aliphatic carbocycles. The Morgan fingerprint density at radius 1 is 1.26 bits per heavy atom. The van der Waals surface area contributed by atoms with Crippen LogP contribution in [0.2, 0.25) is 0 Å². The molecule has 0 N–H and O–H groups in total. The molecule has 1 aromatic carbocycles. The zero-order valence-electron chi connectivity index (χ0n) is 13.8. The Morgan fingerprint density at radius 3 is 2.52 bits per heavy atom. The highest BCUT2D eigenvalue weighted by Crippen LogP contribution is 2.21. The van der Waals surface area contributed by atoms with Gasteiger partial charge in [0.25, 0.3) is 0 Å². The number of benzene rings is 1. The lowest BCUT2D eigenvalue weighted by Crippen LogP contribution is -2.27. The van der Waals surface area contributed by atoms with E-state index >= 15 is 0 Å². The van der Waals surface area contributed by atoms with E-state index in [-0.39, 0.29) is 0 Å². The molecular formula is C21H24BrN. The van der Waals surface area contributed by atoms with Gasteiger partial charge < -0.3 is 4.90 Å². The van der Waals surface area contributed by atoms with Crippen molar-refractivity contribution in [3.63, 3.8) is 0 Å². The number of hydrogen-bond acceptors (Lipinski definition) is 1. The summed E-state index contributed by atoms with van der Waals surface area (Å²) in [5.41, 5.74) is 9.22. The third-order valence-corrected chi connectivity index (χ3v) is 3.81. The maximum absolute atomic E-state index is 4.20. The van der Waals surface area contributed by atoms with E-state index in [1.165, 1.54) is 5.57 Å². The first-order chi connectivity index (χ1) is 11.1. The van der Waals surface area contributed by atoms with Crippen molar-refractivity contribution in [1.29, 1.82) is 0 Å². The molecule has 0 heterocycles. The van der Waals surface area contributed by atoms with Gasteiger partial charge in [0.05, 0.1) is 6.54 Å². The van der Waals surface area contributed by atoms with Crippen LogP contribution in [0.25, 0.3) is 0 Å². The summed E-state index contributed by atoms with van der Waals surface area (Å²) in [5, 5.41) is 0. The second-order valence-electron chi connectivity index (χ2n) is 5.24. The van der Waals surface area contributed by atoms with Crippen LogP contribution in [0.5, 0.6) is 0 Å². The minimum absolute atomic E-state index is 0.738. The number of allylic oxidation sites excluding steroid dienone is 2. The van der Waals surface area contributed by atoms with Crippen LogP contribution in [-0.2, 0) is 0 Å². The van der Waals surface area contributed by atoms with Crippen molar-refractivity contribution < 1.29 is 0 Å². The van der Waals surface area contributed by atoms with Gasteiger partial charge >= 0.3 is 0 Å². The Balaban J connectivity index is 3.02. The molecule has 1 nitrogen and oxygen atoms in total. The third kappa shape index (κ3) is 7.21. The van der Waals surface area contributed by atoms with Crippen LogP contribution in [0.1, 0.15) is 19.8 Å². The summed E-state index contributed by atoms with van der Waals surface area (Å²) in [5.74, 6) is 0. The molecule has 0 saturated heterocycles. The molecule has 1 aromatic rings. The Bertz CT molecular complexity index is 639. The molecule has 0 unspecified atom stereocenters. The van der Waals surface area contributed by atoms with Crippen molar-refractivity contribution in [2.24, 2.45) is 0 Å². The summed E-state index contributed by atoms with van der Waals surface area (Å²) in [6.07, 6.45) is 7.89. The maximum atomic E-state index is 4.20. The van der Waals surface area contributed by atoms with E-state index in [0.29, 0.717) is 0 Å². The minimum atomic E-state index is 0.738. The van der Waals surface area contributed by atoms with Crippen LogP contribution >= 0.6 is 15.9 Å². The topological polar surface area (TPSA) is 3.24 Å². The fraction of sp³-hybridized carbons (Fsp3) is 0.238. The number of rotatable bonds is 9. The Morgan fingerprint density at radius 2 is 1.96 bits per heavy atom. The molecule has 0 saturated carbocycles. The van der Waals surface area contributed by atoms with Crippen molar-refractivity contribution >= 4 is 21.6 Å². The first-order valence-corrected chi connectivity index (χ1v) is 8.44. The minimum Gasteiger partial charge on any atom is -0.363 e. The van der Waals surface area contributed by atoms with E-state index in [0.717, 1.165) is 41.7 Å². The fourth-order valence-electron chi connectivity index (χ4n) is 2.20. The Labute approximate surface area is 148 Å². The van der Waals surface area contributed by atoms with E-state index in [9.17, 15) is 0 Å². The number of nitrogens with zero attached hydrogens (tertiary/aromatic N) is 1. The van der Waals surface area contributed by atoms with Gasteiger partial charge in [-0.05, 0) is 50.6 Å². The highest BCUT2D eigenvalue weighted by atomic mass is 79.9. The Kier molecular flexibility index (Phi) is 8.87. The van der Waals surface area contributed by atoms with Crippen molar-refractivity contribution in [3.05, 3.63) is 89.3 Å². The first kappa shape index (κ1) is 19.1. The second kappa shape index (κ2) is 10.7. The van der Waals surface area contributed by atoms with Crippen LogP contribution in [0.4, 0.5) is 5.69 Å². The van der Waals surface area contributed by atoms with Crippen LogP contribution < -0.4 is 4.90 Å². The van der Waals surface area contributed by atoms with Crippen molar-refractivity contribution in [2.75, 3.05) is 18.0 Å². The van der Waals surface area contributed by atoms with Crippen LogP contribution in [-0.4, -0.2) is 13.1 Å². The number of halogens is 1. The highest BCUT2D eigenvalue weighted by Gasteiger charge is 2.09. The van der Waals surface area contributed by atoms with Gasteiger partial charge in [-0.2, -0.15) is 0 Å². The van der Waals surface area contributed by atoms with E-state index in [2.05, 4.69) is 76.3 Å². The summed E-state index contributed by atoms with van der Waals surface area (Å²) >= 11 is 3.49. The zero-order valence-corrected chi connectivity index (χ0v) is 15.4. The summed E-state index contributed by atoms with van der Waals surface area (Å²) in [6, 6.07) is 8.32. The molecule has 0 aliphatic heterocycles. The number of hydrogen-bond donors (Lipinski definition) is 0. The largest absolute Gasteiger partial charge is 0.363 e. The Hall–Kier alpha value is -1.98. The number of anilines is 1. The van der Waals surface area contributed by atoms with Gasteiger partial charge in [-0.3, -0.25) is 0 Å². The molecule has 0 aromatic heterocycles. The van der Waals surface area contributed by atoms with Crippen molar-refractivity contribution in [2.45, 2.75) is 19.8 Å². The monoisotopic (exact) mass is 369 g/mol. The molecule has 1 rings (SSSR count). The molecule has 0 spiro atoms. The van der Waals surface area contributed by atoms with Gasteiger partial charge in [0.1, 0.15) is 0 Å². The van der Waals surface area contributed by atoms with E-state index in [4.69, 9.17) is 0 Å². The summed E-state index contributed by atoms with van der Waals surface area (Å²) < 4.78 is 1.07. The molecule has 0 bridgehead atoms. The van der Waals surface area contributed by atoms with Crippen LogP contribution in [0.3, 0.4) is 0 Å². The van der Waals surface area contributed by atoms with Crippen LogP contribution in [0.15, 0.2) is 89.3 Å². The quantitative estimate of drug-likeness (QED) is 0.283. The fourth-order valence-corrected chi connectivity index (χ4v) is 2.46. The smallest absolute Gasteiger partial charge is 0.0512 e. The van der Waals surface area contributed by atoms with Crippen molar-refractivity contribution in [3.8, 4) is 0 Å². The molecule has 23 heavy (non-hydrogen) atoms. The highest BCUT2D eigenvalue weighted by molar-refractivity contribution is 9.10. The molecule has 0 atom stereocenters. The molecule has 0 amide bonds. The predicted molar refractivity (Wildman–Crippen MR) is 106 cm³/mol. The summed E-state index contributed by atoms with van der Waals surface area (Å²) in [6.45, 7) is 15.1. The SMILES string of the molecule is C=C=C=C(/C=C\C)CN(CC(=C)CCC=C)c1ccc(Br)cc1. The molecule has 120 valence electrons. The lowest BCUT2D eigenvalue weighted by atomic mass is 10.1. The van der Waals surface area contributed by atoms with Gasteiger partial charge in [-0.15, -0.1) is 6.58 Å². The standard InChI is InChI=1S/C21H24BrN/c1-5-8-11-18(4)16-23(17-19(9-6-2)10-7-3)21-14-12-20(22)13-15-21/h5,7,10,12-15H,1-2,4,8,11,16-17H2,3H3/b10-7-. The zero-order chi connectivity index (χ0) is 17.1. The maximum Gasteiger partial charge on any atom is 0.0512 e. The van der Waals surface area contributed by atoms with Crippen molar-refractivity contribution in [1.82, 2.24) is 0 Å². The molecule has 0 aliphatic rings. The van der Waals surface area contributed by atoms with E-state index < -0.39 is 0 Å². The van der Waals surface area contributed by atoms with Gasteiger partial charge in [-0.25, -0.2) is 0 Å². The van der Waals surface area contributed by atoms with Crippen LogP contribution in [0, 0.1) is 0 Å². The molecular weight excluding hydrogens is 346 g/mol. The summed E-state index contributed by atoms with van der Waals surface area (Å²) in [4.78, 5) is 2.29. The van der Waals surface area contributed by atoms with E-state index in [1.807, 2.05) is 25.2 Å². The second-order valence-corrected chi connectivity index (χ2v) is 6.15. The normalized spacial score (nSPS) is 10.0.